The van der Waals surface area contributed by atoms with Gasteiger partial charge in [0.1, 0.15) is 16.4 Å². The number of hydrogen-bond donors (Lipinski definition) is 2. The van der Waals surface area contributed by atoms with Crippen LogP contribution in [0.3, 0.4) is 0 Å². The Balaban J connectivity index is 2.04. The van der Waals surface area contributed by atoms with Gasteiger partial charge in [0.2, 0.25) is 5.91 Å². The molecule has 0 unspecified atom stereocenters. The van der Waals surface area contributed by atoms with Crippen molar-refractivity contribution in [3.8, 4) is 0 Å². The molecule has 0 aromatic carbocycles. The monoisotopic (exact) mass is 309 g/mol. The van der Waals surface area contributed by atoms with Crippen LogP contribution in [0.5, 0.6) is 0 Å². The maximum Gasteiger partial charge on any atom is 0.340 e. The first-order chi connectivity index (χ1) is 10.0. The van der Waals surface area contributed by atoms with Gasteiger partial charge in [0.25, 0.3) is 0 Å². The van der Waals surface area contributed by atoms with E-state index in [0.717, 1.165) is 11.8 Å². The molecule has 1 fully saturated rings. The second-order valence-electron chi connectivity index (χ2n) is 5.10. The molecule has 1 aromatic rings. The van der Waals surface area contributed by atoms with Crippen LogP contribution in [0, 0.1) is 12.8 Å². The predicted molar refractivity (Wildman–Crippen MR) is 79.6 cm³/mol. The van der Waals surface area contributed by atoms with Gasteiger partial charge in [-0.3, -0.25) is 4.79 Å². The van der Waals surface area contributed by atoms with Gasteiger partial charge in [0, 0.05) is 13.0 Å². The minimum absolute atomic E-state index is 0.0856. The van der Waals surface area contributed by atoms with Gasteiger partial charge in [-0.2, -0.15) is 0 Å². The average molecular weight is 309 g/mol. The topological polar surface area (TPSA) is 92.2 Å². The second-order valence-corrected chi connectivity index (χ2v) is 6.06. The summed E-state index contributed by atoms with van der Waals surface area (Å²) in [6, 6.07) is 0. The van der Waals surface area contributed by atoms with Crippen molar-refractivity contribution in [3.63, 3.8) is 0 Å². The summed E-state index contributed by atoms with van der Waals surface area (Å²) in [5, 5.41) is 12.5. The molecule has 1 aromatic heterocycles. The number of nitrogens with zero attached hydrogens (tertiary/aromatic N) is 2. The molecule has 2 N–H and O–H groups in total. The van der Waals surface area contributed by atoms with Crippen LogP contribution in [-0.2, 0) is 11.2 Å². The maximum absolute atomic E-state index is 11.7. The lowest BCUT2D eigenvalue weighted by molar-refractivity contribution is -0.118. The van der Waals surface area contributed by atoms with Crippen molar-refractivity contribution in [3.05, 3.63) is 17.1 Å². The zero-order chi connectivity index (χ0) is 15.4. The second kappa shape index (κ2) is 6.89. The van der Waals surface area contributed by atoms with Crippen molar-refractivity contribution in [1.29, 1.82) is 0 Å². The van der Waals surface area contributed by atoms with E-state index in [1.165, 1.54) is 12.8 Å². The largest absolute Gasteiger partial charge is 0.478 e. The lowest BCUT2D eigenvalue weighted by atomic mass is 10.2. The van der Waals surface area contributed by atoms with E-state index in [-0.39, 0.29) is 17.2 Å². The number of aryl methyl sites for hydroxylation is 2. The molecular weight excluding hydrogens is 290 g/mol. The molecule has 0 spiro atoms. The Bertz CT molecular complexity index is 559. The van der Waals surface area contributed by atoms with Crippen LogP contribution in [0.4, 0.5) is 0 Å². The molecule has 0 radical (unpaired) electrons. The Kier molecular flexibility index (Phi) is 5.17. The number of hydrogen-bond acceptors (Lipinski definition) is 5. The van der Waals surface area contributed by atoms with Gasteiger partial charge in [0.15, 0.2) is 0 Å². The number of carboxylic acids is 1. The van der Waals surface area contributed by atoms with Crippen LogP contribution in [0.2, 0.25) is 0 Å². The van der Waals surface area contributed by atoms with Crippen molar-refractivity contribution in [2.75, 3.05) is 12.3 Å². The minimum atomic E-state index is -1.06. The lowest BCUT2D eigenvalue weighted by Gasteiger charge is -2.09. The fourth-order valence-electron chi connectivity index (χ4n) is 1.88. The summed E-state index contributed by atoms with van der Waals surface area (Å²) in [5.74, 6) is 0.251. The molecule has 0 atom stereocenters. The molecule has 2 rings (SSSR count). The van der Waals surface area contributed by atoms with E-state index in [1.54, 1.807) is 6.92 Å². The summed E-state index contributed by atoms with van der Waals surface area (Å²) in [6.07, 6.45) is 2.99. The van der Waals surface area contributed by atoms with Crippen molar-refractivity contribution in [2.24, 2.45) is 5.92 Å². The Labute approximate surface area is 127 Å². The summed E-state index contributed by atoms with van der Waals surface area (Å²) in [5.41, 5.74) is 0.530. The molecule has 1 aliphatic carbocycles. The number of carboxylic acid groups (broad SMARTS) is 1. The van der Waals surface area contributed by atoms with Crippen LogP contribution < -0.4 is 5.32 Å². The minimum Gasteiger partial charge on any atom is -0.478 e. The zero-order valence-electron chi connectivity index (χ0n) is 12.2. The zero-order valence-corrected chi connectivity index (χ0v) is 13.0. The molecule has 21 heavy (non-hydrogen) atoms. The highest BCUT2D eigenvalue weighted by molar-refractivity contribution is 8.00. The summed E-state index contributed by atoms with van der Waals surface area (Å²) in [6.45, 7) is 4.28. The van der Waals surface area contributed by atoms with Crippen LogP contribution in [0.1, 0.15) is 41.6 Å². The van der Waals surface area contributed by atoms with Crippen LogP contribution >= 0.6 is 11.8 Å². The summed E-state index contributed by atoms with van der Waals surface area (Å²) >= 11 is 1.16. The molecular formula is C14H19N3O3S. The van der Waals surface area contributed by atoms with Crippen molar-refractivity contribution in [2.45, 2.75) is 38.1 Å². The molecule has 114 valence electrons. The Morgan fingerprint density at radius 2 is 2.10 bits per heavy atom. The van der Waals surface area contributed by atoms with Gasteiger partial charge >= 0.3 is 5.97 Å². The van der Waals surface area contributed by atoms with Crippen molar-refractivity contribution < 1.29 is 14.7 Å². The van der Waals surface area contributed by atoms with Gasteiger partial charge < -0.3 is 10.4 Å². The third-order valence-corrected chi connectivity index (χ3v) is 4.23. The normalized spacial score (nSPS) is 14.0. The molecule has 1 saturated carbocycles. The first kappa shape index (κ1) is 15.8. The molecule has 1 aliphatic rings. The molecule has 1 amide bonds. The molecule has 1 heterocycles. The third-order valence-electron chi connectivity index (χ3n) is 3.26. The number of nitrogens with one attached hydrogen (secondary N) is 1. The first-order valence-electron chi connectivity index (χ1n) is 7.01. The van der Waals surface area contributed by atoms with E-state index >= 15 is 0 Å². The standard InChI is InChI=1S/C14H19N3O3S/c1-3-10-16-8(2)12(14(19)20)13(17-10)21-7-11(18)15-6-9-4-5-9/h9H,3-7H2,1-2H3,(H,15,18)(H,19,20). The van der Waals surface area contributed by atoms with E-state index in [0.29, 0.717) is 35.4 Å². The molecule has 7 heteroatoms. The molecule has 0 saturated heterocycles. The van der Waals surface area contributed by atoms with E-state index in [2.05, 4.69) is 15.3 Å². The van der Waals surface area contributed by atoms with Gasteiger partial charge in [-0.1, -0.05) is 18.7 Å². The van der Waals surface area contributed by atoms with Crippen LogP contribution in [-0.4, -0.2) is 39.2 Å². The Morgan fingerprint density at radius 1 is 1.38 bits per heavy atom. The summed E-state index contributed by atoms with van der Waals surface area (Å²) < 4.78 is 0. The molecule has 0 aliphatic heterocycles. The maximum atomic E-state index is 11.7. The quantitative estimate of drug-likeness (QED) is 0.588. The smallest absolute Gasteiger partial charge is 0.340 e. The van der Waals surface area contributed by atoms with Crippen LogP contribution in [0.15, 0.2) is 5.03 Å². The summed E-state index contributed by atoms with van der Waals surface area (Å²) in [4.78, 5) is 31.5. The number of carbonyl (C=O) groups is 2. The van der Waals surface area contributed by atoms with Gasteiger partial charge in [0.05, 0.1) is 11.4 Å². The summed E-state index contributed by atoms with van der Waals surface area (Å²) in [7, 11) is 0. The van der Waals surface area contributed by atoms with Gasteiger partial charge in [-0.15, -0.1) is 0 Å². The highest BCUT2D eigenvalue weighted by Crippen LogP contribution is 2.27. The SMILES string of the molecule is CCc1nc(C)c(C(=O)O)c(SCC(=O)NCC2CC2)n1. The van der Waals surface area contributed by atoms with E-state index in [1.807, 2.05) is 6.92 Å². The number of amides is 1. The van der Waals surface area contributed by atoms with Crippen molar-refractivity contribution in [1.82, 2.24) is 15.3 Å². The third kappa shape index (κ3) is 4.42. The molecule has 0 bridgehead atoms. The van der Waals surface area contributed by atoms with Gasteiger partial charge in [-0.05, 0) is 25.7 Å². The number of thioether (sulfide) groups is 1. The van der Waals surface area contributed by atoms with E-state index in [4.69, 9.17) is 0 Å². The average Bonchev–Trinajstić information content (AvgIpc) is 3.25. The lowest BCUT2D eigenvalue weighted by Crippen LogP contribution is -2.27. The Morgan fingerprint density at radius 3 is 2.67 bits per heavy atom. The number of aromatic carboxylic acids is 1. The fourth-order valence-corrected chi connectivity index (χ4v) is 2.80. The van der Waals surface area contributed by atoms with E-state index in [9.17, 15) is 14.7 Å². The number of carbonyl (C=O) groups excluding carboxylic acids is 1. The van der Waals surface area contributed by atoms with Crippen molar-refractivity contribution >= 4 is 23.6 Å². The molecule has 6 nitrogen and oxygen atoms in total. The highest BCUT2D eigenvalue weighted by atomic mass is 32.2. The fraction of sp³-hybridized carbons (Fsp3) is 0.571. The number of aromatic nitrogens is 2. The predicted octanol–water partition coefficient (Wildman–Crippen LogP) is 1.66. The van der Waals surface area contributed by atoms with E-state index < -0.39 is 5.97 Å². The Hall–Kier alpha value is -1.63. The highest BCUT2D eigenvalue weighted by Gasteiger charge is 2.22. The number of rotatable bonds is 7. The van der Waals surface area contributed by atoms with Crippen LogP contribution in [0.25, 0.3) is 0 Å². The first-order valence-corrected chi connectivity index (χ1v) is 8.00. The van der Waals surface area contributed by atoms with Gasteiger partial charge in [-0.25, -0.2) is 14.8 Å².